The molecule has 0 aliphatic carbocycles. The molecule has 0 saturated carbocycles. The number of hydrogen-bond acceptors (Lipinski definition) is 5. The van der Waals surface area contributed by atoms with Crippen LogP contribution in [0.1, 0.15) is 17.3 Å². The zero-order valence-electron chi connectivity index (χ0n) is 12.5. The Morgan fingerprint density at radius 1 is 1.33 bits per heavy atom. The van der Waals surface area contributed by atoms with Crippen LogP contribution in [0.3, 0.4) is 0 Å². The van der Waals surface area contributed by atoms with Crippen molar-refractivity contribution in [3.8, 4) is 0 Å². The lowest BCUT2D eigenvalue weighted by atomic mass is 10.1. The second kappa shape index (κ2) is 7.28. The van der Waals surface area contributed by atoms with Gasteiger partial charge in [-0.1, -0.05) is 6.92 Å². The Hall–Kier alpha value is -1.80. The average molecular weight is 314 g/mol. The van der Waals surface area contributed by atoms with E-state index in [1.54, 1.807) is 39.2 Å². The van der Waals surface area contributed by atoms with E-state index in [9.17, 15) is 13.2 Å². The van der Waals surface area contributed by atoms with E-state index in [1.165, 1.54) is 4.90 Å². The zero-order chi connectivity index (χ0) is 16.0. The molecule has 0 fully saturated rings. The molecule has 0 bridgehead atoms. The van der Waals surface area contributed by atoms with Gasteiger partial charge in [0, 0.05) is 38.6 Å². The van der Waals surface area contributed by atoms with Gasteiger partial charge in [0.2, 0.25) is 10.0 Å². The molecule has 4 N–H and O–H groups in total. The number of amides is 1. The molecular formula is C13H22N4O3S. The van der Waals surface area contributed by atoms with Gasteiger partial charge in [-0.3, -0.25) is 4.79 Å². The van der Waals surface area contributed by atoms with Crippen molar-refractivity contribution < 1.29 is 13.2 Å². The molecule has 0 aliphatic rings. The van der Waals surface area contributed by atoms with E-state index < -0.39 is 10.0 Å². The van der Waals surface area contributed by atoms with Crippen molar-refractivity contribution in [2.24, 2.45) is 0 Å². The number of nitrogen functional groups attached to an aromatic ring is 1. The molecule has 8 heteroatoms. The Morgan fingerprint density at radius 3 is 2.57 bits per heavy atom. The highest BCUT2D eigenvalue weighted by molar-refractivity contribution is 7.89. The fourth-order valence-electron chi connectivity index (χ4n) is 1.75. The largest absolute Gasteiger partial charge is 0.399 e. The number of nitrogens with two attached hydrogens (primary N) is 1. The summed E-state index contributed by atoms with van der Waals surface area (Å²) < 4.78 is 25.5. The molecule has 0 atom stereocenters. The Labute approximate surface area is 125 Å². The summed E-state index contributed by atoms with van der Waals surface area (Å²) in [4.78, 5) is 13.5. The minimum Gasteiger partial charge on any atom is -0.399 e. The minimum atomic E-state index is -3.30. The summed E-state index contributed by atoms with van der Waals surface area (Å²) in [6, 6.07) is 4.88. The number of anilines is 2. The number of nitrogens with one attached hydrogen (secondary N) is 2. The van der Waals surface area contributed by atoms with Crippen LogP contribution in [0.4, 0.5) is 11.4 Å². The Kier molecular flexibility index (Phi) is 5.98. The standard InChI is InChI=1S/C13H22N4O3S/c1-4-16-21(19,20)8-7-15-12-9-10(14)5-6-11(12)13(18)17(2)3/h5-6,9,15-16H,4,7-8,14H2,1-3H3. The summed E-state index contributed by atoms with van der Waals surface area (Å²) in [7, 11) is 0.00134. The molecule has 0 saturated heterocycles. The molecule has 1 aromatic rings. The van der Waals surface area contributed by atoms with E-state index in [4.69, 9.17) is 5.73 Å². The van der Waals surface area contributed by atoms with Gasteiger partial charge < -0.3 is 16.0 Å². The van der Waals surface area contributed by atoms with Crippen LogP contribution in [0.5, 0.6) is 0 Å². The Bertz CT molecular complexity index is 599. The normalized spacial score (nSPS) is 11.2. The topological polar surface area (TPSA) is 105 Å². The number of rotatable bonds is 7. The smallest absolute Gasteiger partial charge is 0.255 e. The van der Waals surface area contributed by atoms with E-state index >= 15 is 0 Å². The SMILES string of the molecule is CCNS(=O)(=O)CCNc1cc(N)ccc1C(=O)N(C)C. The second-order valence-corrected chi connectivity index (χ2v) is 6.67. The van der Waals surface area contributed by atoms with Crippen molar-refractivity contribution in [3.63, 3.8) is 0 Å². The lowest BCUT2D eigenvalue weighted by Gasteiger charge is -2.16. The molecule has 21 heavy (non-hydrogen) atoms. The predicted molar refractivity (Wildman–Crippen MR) is 84.8 cm³/mol. The quantitative estimate of drug-likeness (QED) is 0.629. The summed E-state index contributed by atoms with van der Waals surface area (Å²) in [6.07, 6.45) is 0. The van der Waals surface area contributed by atoms with Crippen LogP contribution in [0.25, 0.3) is 0 Å². The van der Waals surface area contributed by atoms with E-state index in [2.05, 4.69) is 10.0 Å². The van der Waals surface area contributed by atoms with Gasteiger partial charge in [0.05, 0.1) is 11.3 Å². The molecule has 0 radical (unpaired) electrons. The van der Waals surface area contributed by atoms with Crippen molar-refractivity contribution in [2.45, 2.75) is 6.92 Å². The Balaban J connectivity index is 2.83. The van der Waals surface area contributed by atoms with Crippen LogP contribution in [0, 0.1) is 0 Å². The third-order valence-electron chi connectivity index (χ3n) is 2.73. The van der Waals surface area contributed by atoms with Crippen molar-refractivity contribution in [3.05, 3.63) is 23.8 Å². The molecule has 0 unspecified atom stereocenters. The van der Waals surface area contributed by atoms with Gasteiger partial charge >= 0.3 is 0 Å². The summed E-state index contributed by atoms with van der Waals surface area (Å²) in [5.74, 6) is -0.252. The van der Waals surface area contributed by atoms with Crippen LogP contribution in [0.2, 0.25) is 0 Å². The predicted octanol–water partition coefficient (Wildman–Crippen LogP) is 0.322. The summed E-state index contributed by atoms with van der Waals surface area (Å²) in [6.45, 7) is 2.26. The maximum atomic E-state index is 12.1. The highest BCUT2D eigenvalue weighted by atomic mass is 32.2. The molecule has 1 amide bonds. The molecule has 7 nitrogen and oxygen atoms in total. The first-order valence-corrected chi connectivity index (χ1v) is 8.24. The van der Waals surface area contributed by atoms with Crippen LogP contribution in [-0.4, -0.2) is 52.2 Å². The van der Waals surface area contributed by atoms with Crippen molar-refractivity contribution in [1.29, 1.82) is 0 Å². The van der Waals surface area contributed by atoms with E-state index in [1.807, 2.05) is 0 Å². The molecular weight excluding hydrogens is 292 g/mol. The highest BCUT2D eigenvalue weighted by Crippen LogP contribution is 2.20. The minimum absolute atomic E-state index is 0.0781. The third-order valence-corrected chi connectivity index (χ3v) is 4.20. The number of nitrogens with zero attached hydrogens (tertiary/aromatic N) is 1. The lowest BCUT2D eigenvalue weighted by Crippen LogP contribution is -2.29. The number of hydrogen-bond donors (Lipinski definition) is 3. The number of sulfonamides is 1. The van der Waals surface area contributed by atoms with Gasteiger partial charge in [-0.25, -0.2) is 13.1 Å². The first-order valence-electron chi connectivity index (χ1n) is 6.59. The second-order valence-electron chi connectivity index (χ2n) is 4.75. The zero-order valence-corrected chi connectivity index (χ0v) is 13.3. The van der Waals surface area contributed by atoms with Gasteiger partial charge in [-0.2, -0.15) is 0 Å². The van der Waals surface area contributed by atoms with Crippen LogP contribution in [-0.2, 0) is 10.0 Å². The van der Waals surface area contributed by atoms with Gasteiger partial charge in [0.25, 0.3) is 5.91 Å². The average Bonchev–Trinajstić information content (AvgIpc) is 2.37. The maximum absolute atomic E-state index is 12.1. The fraction of sp³-hybridized carbons (Fsp3) is 0.462. The van der Waals surface area contributed by atoms with Crippen LogP contribution >= 0.6 is 0 Å². The monoisotopic (exact) mass is 314 g/mol. The first-order chi connectivity index (χ1) is 9.76. The molecule has 118 valence electrons. The molecule has 0 aliphatic heterocycles. The van der Waals surface area contributed by atoms with Gasteiger partial charge in [0.15, 0.2) is 0 Å². The third kappa shape index (κ3) is 5.24. The van der Waals surface area contributed by atoms with Crippen molar-refractivity contribution in [2.75, 3.05) is 44.0 Å². The molecule has 0 aromatic heterocycles. The molecule has 0 spiro atoms. The van der Waals surface area contributed by atoms with E-state index in [-0.39, 0.29) is 18.2 Å². The van der Waals surface area contributed by atoms with E-state index in [0.717, 1.165) is 0 Å². The lowest BCUT2D eigenvalue weighted by molar-refractivity contribution is 0.0828. The van der Waals surface area contributed by atoms with Gasteiger partial charge in [0.1, 0.15) is 0 Å². The number of benzene rings is 1. The summed E-state index contributed by atoms with van der Waals surface area (Å²) >= 11 is 0. The highest BCUT2D eigenvalue weighted by Gasteiger charge is 2.14. The van der Waals surface area contributed by atoms with Gasteiger partial charge in [-0.15, -0.1) is 0 Å². The van der Waals surface area contributed by atoms with Gasteiger partial charge in [-0.05, 0) is 18.2 Å². The number of carbonyl (C=O) groups excluding carboxylic acids is 1. The number of carbonyl (C=O) groups is 1. The van der Waals surface area contributed by atoms with Crippen molar-refractivity contribution in [1.82, 2.24) is 9.62 Å². The van der Waals surface area contributed by atoms with Crippen molar-refractivity contribution >= 4 is 27.3 Å². The van der Waals surface area contributed by atoms with Crippen LogP contribution in [0.15, 0.2) is 18.2 Å². The summed E-state index contributed by atoms with van der Waals surface area (Å²) in [5, 5.41) is 2.96. The summed E-state index contributed by atoms with van der Waals surface area (Å²) in [5.41, 5.74) is 7.20. The molecule has 1 rings (SSSR count). The molecule has 1 aromatic carbocycles. The first kappa shape index (κ1) is 17.3. The van der Waals surface area contributed by atoms with Crippen LogP contribution < -0.4 is 15.8 Å². The van der Waals surface area contributed by atoms with E-state index in [0.29, 0.717) is 23.5 Å². The fourth-order valence-corrected chi connectivity index (χ4v) is 2.70. The Morgan fingerprint density at radius 2 is 2.00 bits per heavy atom. The molecule has 0 heterocycles. The maximum Gasteiger partial charge on any atom is 0.255 e.